The highest BCUT2D eigenvalue weighted by Gasteiger charge is 2.20. The first-order chi connectivity index (χ1) is 14.5. The third kappa shape index (κ3) is 5.54. The molecule has 2 aromatic carbocycles. The monoisotopic (exact) mass is 412 g/mol. The first kappa shape index (κ1) is 21.3. The molecule has 1 aliphatic heterocycles. The Hall–Kier alpha value is -3.46. The molecule has 158 valence electrons. The number of nitrogens with zero attached hydrogens (tertiary/aromatic N) is 3. The lowest BCUT2D eigenvalue weighted by atomic mass is 10.2. The quantitative estimate of drug-likeness (QED) is 0.423. The van der Waals surface area contributed by atoms with Gasteiger partial charge in [-0.1, -0.05) is 0 Å². The van der Waals surface area contributed by atoms with Crippen molar-refractivity contribution in [2.45, 2.75) is 6.92 Å². The van der Waals surface area contributed by atoms with Crippen molar-refractivity contribution >= 4 is 28.9 Å². The summed E-state index contributed by atoms with van der Waals surface area (Å²) in [5, 5.41) is 13.6. The Labute approximate surface area is 174 Å². The minimum atomic E-state index is -0.412. The molecular formula is C21H24N4O5. The van der Waals surface area contributed by atoms with E-state index < -0.39 is 4.92 Å². The number of piperazine rings is 1. The van der Waals surface area contributed by atoms with E-state index in [1.165, 1.54) is 12.1 Å². The molecule has 9 heteroatoms. The van der Waals surface area contributed by atoms with Gasteiger partial charge < -0.3 is 15.0 Å². The zero-order chi connectivity index (χ0) is 21.5. The summed E-state index contributed by atoms with van der Waals surface area (Å²) in [5.74, 6) is -0.510. The molecule has 0 spiro atoms. The lowest BCUT2D eigenvalue weighted by Crippen LogP contribution is -2.48. The predicted molar refractivity (Wildman–Crippen MR) is 113 cm³/mol. The van der Waals surface area contributed by atoms with Gasteiger partial charge in [0.1, 0.15) is 0 Å². The number of rotatable bonds is 7. The van der Waals surface area contributed by atoms with Crippen molar-refractivity contribution in [1.29, 1.82) is 0 Å². The second-order valence-corrected chi connectivity index (χ2v) is 6.88. The van der Waals surface area contributed by atoms with Crippen LogP contribution in [0.4, 0.5) is 17.1 Å². The Morgan fingerprint density at radius 1 is 1.03 bits per heavy atom. The maximum atomic E-state index is 12.3. The molecule has 30 heavy (non-hydrogen) atoms. The van der Waals surface area contributed by atoms with E-state index in [1.807, 2.05) is 0 Å². The van der Waals surface area contributed by atoms with Crippen LogP contribution in [0.15, 0.2) is 48.5 Å². The number of hydrogen-bond acceptors (Lipinski definition) is 7. The number of amides is 1. The molecule has 0 atom stereocenters. The Bertz CT molecular complexity index is 891. The van der Waals surface area contributed by atoms with Crippen molar-refractivity contribution in [3.8, 4) is 0 Å². The van der Waals surface area contributed by atoms with Gasteiger partial charge in [0.15, 0.2) is 0 Å². The molecule has 0 unspecified atom stereocenters. The average molecular weight is 412 g/mol. The maximum absolute atomic E-state index is 12.3. The van der Waals surface area contributed by atoms with E-state index in [0.29, 0.717) is 30.9 Å². The first-order valence-corrected chi connectivity index (χ1v) is 9.75. The molecule has 0 saturated carbocycles. The molecule has 0 radical (unpaired) electrons. The van der Waals surface area contributed by atoms with Gasteiger partial charge in [-0.2, -0.15) is 0 Å². The van der Waals surface area contributed by atoms with Gasteiger partial charge in [0.05, 0.1) is 23.6 Å². The van der Waals surface area contributed by atoms with Gasteiger partial charge >= 0.3 is 5.97 Å². The summed E-state index contributed by atoms with van der Waals surface area (Å²) in [6.07, 6.45) is 0. The van der Waals surface area contributed by atoms with Crippen LogP contribution in [0.25, 0.3) is 0 Å². The number of esters is 1. The van der Waals surface area contributed by atoms with Crippen molar-refractivity contribution < 1.29 is 19.2 Å². The fourth-order valence-electron chi connectivity index (χ4n) is 3.26. The van der Waals surface area contributed by atoms with Gasteiger partial charge in [0, 0.05) is 49.7 Å². The molecule has 0 bridgehead atoms. The Balaban J connectivity index is 1.46. The van der Waals surface area contributed by atoms with E-state index in [0.717, 1.165) is 18.8 Å². The molecule has 1 saturated heterocycles. The highest BCUT2D eigenvalue weighted by atomic mass is 16.6. The van der Waals surface area contributed by atoms with E-state index in [4.69, 9.17) is 4.74 Å². The van der Waals surface area contributed by atoms with Gasteiger partial charge in [-0.05, 0) is 43.3 Å². The third-order valence-electron chi connectivity index (χ3n) is 4.84. The SMILES string of the molecule is CCOC(=O)c1ccc(NC(=O)CN2CCN(c3ccc([N+](=O)[O-])cc3)CC2)cc1. The molecule has 1 N–H and O–H groups in total. The third-order valence-corrected chi connectivity index (χ3v) is 4.84. The summed E-state index contributed by atoms with van der Waals surface area (Å²) in [6, 6.07) is 13.1. The fourth-order valence-corrected chi connectivity index (χ4v) is 3.26. The minimum Gasteiger partial charge on any atom is -0.462 e. The van der Waals surface area contributed by atoms with Gasteiger partial charge in [0.2, 0.25) is 5.91 Å². The van der Waals surface area contributed by atoms with Crippen molar-refractivity contribution in [2.24, 2.45) is 0 Å². The van der Waals surface area contributed by atoms with Gasteiger partial charge in [-0.25, -0.2) is 4.79 Å². The van der Waals surface area contributed by atoms with Crippen LogP contribution < -0.4 is 10.2 Å². The number of ether oxygens (including phenoxy) is 1. The zero-order valence-corrected chi connectivity index (χ0v) is 16.7. The van der Waals surface area contributed by atoms with Crippen molar-refractivity contribution in [2.75, 3.05) is 49.5 Å². The number of benzene rings is 2. The molecular weight excluding hydrogens is 388 g/mol. The summed E-state index contributed by atoms with van der Waals surface area (Å²) >= 11 is 0. The summed E-state index contributed by atoms with van der Waals surface area (Å²) in [7, 11) is 0. The largest absolute Gasteiger partial charge is 0.462 e. The molecule has 1 amide bonds. The lowest BCUT2D eigenvalue weighted by Gasteiger charge is -2.35. The van der Waals surface area contributed by atoms with Gasteiger partial charge in [-0.3, -0.25) is 19.8 Å². The van der Waals surface area contributed by atoms with Crippen LogP contribution in [0, 0.1) is 10.1 Å². The van der Waals surface area contributed by atoms with E-state index in [-0.39, 0.29) is 24.1 Å². The van der Waals surface area contributed by atoms with E-state index in [9.17, 15) is 19.7 Å². The standard InChI is InChI=1S/C21H24N4O5/c1-2-30-21(27)16-3-5-17(6-4-16)22-20(26)15-23-11-13-24(14-12-23)18-7-9-19(10-8-18)25(28)29/h3-10H,2,11-15H2,1H3,(H,22,26). The van der Waals surface area contributed by atoms with Crippen LogP contribution in [-0.4, -0.2) is 61.0 Å². The summed E-state index contributed by atoms with van der Waals surface area (Å²) in [5.41, 5.74) is 2.07. The molecule has 0 aromatic heterocycles. The summed E-state index contributed by atoms with van der Waals surface area (Å²) in [4.78, 5) is 38.6. The maximum Gasteiger partial charge on any atom is 0.338 e. The second-order valence-electron chi connectivity index (χ2n) is 6.88. The van der Waals surface area contributed by atoms with Crippen LogP contribution in [0.5, 0.6) is 0 Å². The fraction of sp³-hybridized carbons (Fsp3) is 0.333. The molecule has 2 aromatic rings. The molecule has 9 nitrogen and oxygen atoms in total. The van der Waals surface area contributed by atoms with Crippen molar-refractivity contribution in [3.63, 3.8) is 0 Å². The second kappa shape index (κ2) is 9.84. The summed E-state index contributed by atoms with van der Waals surface area (Å²) in [6.45, 7) is 5.23. The van der Waals surface area contributed by atoms with Crippen LogP contribution >= 0.6 is 0 Å². The topological polar surface area (TPSA) is 105 Å². The number of nitro benzene ring substituents is 1. The number of nitrogens with one attached hydrogen (secondary N) is 1. The smallest absolute Gasteiger partial charge is 0.338 e. The first-order valence-electron chi connectivity index (χ1n) is 9.75. The van der Waals surface area contributed by atoms with Gasteiger partial charge in [0.25, 0.3) is 5.69 Å². The number of hydrogen-bond donors (Lipinski definition) is 1. The number of carbonyl (C=O) groups excluding carboxylic acids is 2. The van der Waals surface area contributed by atoms with E-state index >= 15 is 0 Å². The highest BCUT2D eigenvalue weighted by Crippen LogP contribution is 2.20. The van der Waals surface area contributed by atoms with Crippen molar-refractivity contribution in [3.05, 3.63) is 64.2 Å². The van der Waals surface area contributed by atoms with Crippen molar-refractivity contribution in [1.82, 2.24) is 4.90 Å². The number of anilines is 2. The molecule has 1 heterocycles. The zero-order valence-electron chi connectivity index (χ0n) is 16.7. The van der Waals surface area contributed by atoms with Gasteiger partial charge in [-0.15, -0.1) is 0 Å². The molecule has 3 rings (SSSR count). The Morgan fingerprint density at radius 2 is 1.67 bits per heavy atom. The van der Waals surface area contributed by atoms with E-state index in [2.05, 4.69) is 15.1 Å². The highest BCUT2D eigenvalue weighted by molar-refractivity contribution is 5.94. The molecule has 1 aliphatic rings. The van der Waals surface area contributed by atoms with Crippen LogP contribution in [0.3, 0.4) is 0 Å². The number of nitro groups is 1. The normalized spacial score (nSPS) is 14.2. The molecule has 0 aliphatic carbocycles. The summed E-state index contributed by atoms with van der Waals surface area (Å²) < 4.78 is 4.94. The lowest BCUT2D eigenvalue weighted by molar-refractivity contribution is -0.384. The predicted octanol–water partition coefficient (Wildman–Crippen LogP) is 2.53. The Kier molecular flexibility index (Phi) is 6.97. The van der Waals surface area contributed by atoms with Crippen LogP contribution in [-0.2, 0) is 9.53 Å². The Morgan fingerprint density at radius 3 is 2.23 bits per heavy atom. The average Bonchev–Trinajstić information content (AvgIpc) is 2.75. The number of carbonyl (C=O) groups is 2. The van der Waals surface area contributed by atoms with Crippen LogP contribution in [0.2, 0.25) is 0 Å². The van der Waals surface area contributed by atoms with E-state index in [1.54, 1.807) is 43.3 Å². The molecule has 1 fully saturated rings. The minimum absolute atomic E-state index is 0.0735. The number of non-ortho nitro benzene ring substituents is 1. The van der Waals surface area contributed by atoms with Crippen LogP contribution in [0.1, 0.15) is 17.3 Å².